The maximum Gasteiger partial charge on any atom is 0.253 e. The molecule has 1 unspecified atom stereocenters. The number of thioether (sulfide) groups is 1. The molecule has 110 valence electrons. The quantitative estimate of drug-likeness (QED) is 0.833. The van der Waals surface area contributed by atoms with Crippen molar-refractivity contribution in [2.75, 3.05) is 39.0 Å². The van der Waals surface area contributed by atoms with Gasteiger partial charge in [-0.15, -0.1) is 0 Å². The third-order valence-electron chi connectivity index (χ3n) is 3.93. The molecule has 1 aliphatic heterocycles. The second-order valence-corrected chi connectivity index (χ2v) is 6.61. The summed E-state index contributed by atoms with van der Waals surface area (Å²) in [6.07, 6.45) is 3.40. The molecule has 0 N–H and O–H groups in total. The van der Waals surface area contributed by atoms with Crippen LogP contribution in [0.1, 0.15) is 23.7 Å². The number of benzene rings is 1. The normalized spacial score (nSPS) is 18.0. The Balaban J connectivity index is 1.78. The summed E-state index contributed by atoms with van der Waals surface area (Å²) in [5, 5.41) is 0.721. The zero-order valence-corrected chi connectivity index (χ0v) is 13.2. The highest BCUT2D eigenvalue weighted by atomic mass is 32.2. The highest BCUT2D eigenvalue weighted by Gasteiger charge is 2.21. The van der Waals surface area contributed by atoms with Gasteiger partial charge in [0.1, 0.15) is 0 Å². The van der Waals surface area contributed by atoms with Crippen LogP contribution in [0.2, 0.25) is 0 Å². The third kappa shape index (κ3) is 4.25. The predicted molar refractivity (Wildman–Crippen MR) is 86.4 cm³/mol. The fraction of sp³-hybridized carbons (Fsp3) is 0.562. The molecular formula is C16H24N2OS. The first-order valence-electron chi connectivity index (χ1n) is 7.30. The lowest BCUT2D eigenvalue weighted by Crippen LogP contribution is -2.49. The molecule has 1 aromatic carbocycles. The number of rotatable bonds is 5. The molecule has 0 radical (unpaired) electrons. The summed E-state index contributed by atoms with van der Waals surface area (Å²) in [5.41, 5.74) is 0.803. The number of hydrogen-bond donors (Lipinski definition) is 0. The standard InChI is InChI=1S/C16H24N2OS/c1-14(20-2)8-9-17-10-12-18(13-11-17)16(19)15-6-4-3-5-7-15/h3-7,14H,8-13H2,1-2H3. The Morgan fingerprint density at radius 2 is 1.85 bits per heavy atom. The van der Waals surface area contributed by atoms with Gasteiger partial charge in [0.15, 0.2) is 0 Å². The van der Waals surface area contributed by atoms with Crippen molar-refractivity contribution < 1.29 is 4.79 Å². The minimum absolute atomic E-state index is 0.169. The smallest absolute Gasteiger partial charge is 0.253 e. The molecule has 1 saturated heterocycles. The van der Waals surface area contributed by atoms with E-state index in [9.17, 15) is 4.79 Å². The first-order chi connectivity index (χ1) is 9.70. The first kappa shape index (κ1) is 15.4. The van der Waals surface area contributed by atoms with Gasteiger partial charge in [-0.1, -0.05) is 25.1 Å². The number of amides is 1. The third-order valence-corrected chi connectivity index (χ3v) is 4.97. The molecule has 1 atom stereocenters. The fourth-order valence-electron chi connectivity index (χ4n) is 2.42. The molecule has 1 aromatic rings. The van der Waals surface area contributed by atoms with Crippen molar-refractivity contribution in [3.8, 4) is 0 Å². The van der Waals surface area contributed by atoms with Gasteiger partial charge < -0.3 is 4.90 Å². The van der Waals surface area contributed by atoms with Gasteiger partial charge in [-0.2, -0.15) is 11.8 Å². The molecule has 0 aromatic heterocycles. The van der Waals surface area contributed by atoms with Crippen molar-refractivity contribution >= 4 is 17.7 Å². The van der Waals surface area contributed by atoms with E-state index in [1.54, 1.807) is 0 Å². The molecule has 2 rings (SSSR count). The van der Waals surface area contributed by atoms with E-state index in [4.69, 9.17) is 0 Å². The summed E-state index contributed by atoms with van der Waals surface area (Å²) in [7, 11) is 0. The lowest BCUT2D eigenvalue weighted by Gasteiger charge is -2.35. The van der Waals surface area contributed by atoms with Gasteiger partial charge in [0.25, 0.3) is 5.91 Å². The average Bonchev–Trinajstić information content (AvgIpc) is 2.53. The van der Waals surface area contributed by atoms with E-state index in [2.05, 4.69) is 18.1 Å². The molecule has 0 spiro atoms. The molecule has 1 fully saturated rings. The van der Waals surface area contributed by atoms with Gasteiger partial charge in [0, 0.05) is 37.0 Å². The largest absolute Gasteiger partial charge is 0.336 e. The highest BCUT2D eigenvalue weighted by Crippen LogP contribution is 2.13. The van der Waals surface area contributed by atoms with E-state index in [0.717, 1.165) is 43.5 Å². The molecule has 3 nitrogen and oxygen atoms in total. The van der Waals surface area contributed by atoms with E-state index in [1.807, 2.05) is 47.0 Å². The van der Waals surface area contributed by atoms with Crippen molar-refractivity contribution in [1.82, 2.24) is 9.80 Å². The molecule has 4 heteroatoms. The van der Waals surface area contributed by atoms with Crippen LogP contribution < -0.4 is 0 Å². The molecule has 0 bridgehead atoms. The molecule has 0 aliphatic carbocycles. The van der Waals surface area contributed by atoms with Gasteiger partial charge in [-0.3, -0.25) is 9.69 Å². The van der Waals surface area contributed by atoms with Gasteiger partial charge in [0.05, 0.1) is 0 Å². The van der Waals surface area contributed by atoms with Gasteiger partial charge >= 0.3 is 0 Å². The summed E-state index contributed by atoms with van der Waals surface area (Å²) in [6.45, 7) is 7.12. The van der Waals surface area contributed by atoms with Crippen LogP contribution in [0.25, 0.3) is 0 Å². The predicted octanol–water partition coefficient (Wildman–Crippen LogP) is 2.59. The van der Waals surface area contributed by atoms with Crippen LogP contribution in [0.5, 0.6) is 0 Å². The van der Waals surface area contributed by atoms with Gasteiger partial charge in [0.2, 0.25) is 0 Å². The monoisotopic (exact) mass is 292 g/mol. The van der Waals surface area contributed by atoms with Crippen molar-refractivity contribution in [2.45, 2.75) is 18.6 Å². The zero-order chi connectivity index (χ0) is 14.4. The van der Waals surface area contributed by atoms with Crippen LogP contribution in [-0.2, 0) is 0 Å². The molecule has 1 amide bonds. The minimum atomic E-state index is 0.169. The van der Waals surface area contributed by atoms with Gasteiger partial charge in [-0.25, -0.2) is 0 Å². The lowest BCUT2D eigenvalue weighted by atomic mass is 10.2. The van der Waals surface area contributed by atoms with Crippen LogP contribution in [0, 0.1) is 0 Å². The number of nitrogens with zero attached hydrogens (tertiary/aromatic N) is 2. The van der Waals surface area contributed by atoms with E-state index >= 15 is 0 Å². The van der Waals surface area contributed by atoms with Crippen molar-refractivity contribution in [1.29, 1.82) is 0 Å². The number of hydrogen-bond acceptors (Lipinski definition) is 3. The Morgan fingerprint density at radius 1 is 1.20 bits per heavy atom. The van der Waals surface area contributed by atoms with E-state index in [-0.39, 0.29) is 5.91 Å². The first-order valence-corrected chi connectivity index (χ1v) is 8.59. The number of piperazine rings is 1. The molecule has 20 heavy (non-hydrogen) atoms. The van der Waals surface area contributed by atoms with Crippen LogP contribution in [-0.4, -0.2) is 59.9 Å². The second-order valence-electron chi connectivity index (χ2n) is 5.33. The lowest BCUT2D eigenvalue weighted by molar-refractivity contribution is 0.0636. The Labute approximate surface area is 126 Å². The summed E-state index contributed by atoms with van der Waals surface area (Å²) in [4.78, 5) is 16.8. The average molecular weight is 292 g/mol. The topological polar surface area (TPSA) is 23.6 Å². The summed E-state index contributed by atoms with van der Waals surface area (Å²) in [6, 6.07) is 9.59. The maximum atomic E-state index is 12.3. The SMILES string of the molecule is CSC(C)CCN1CCN(C(=O)c2ccccc2)CC1. The Morgan fingerprint density at radius 3 is 2.45 bits per heavy atom. The fourth-order valence-corrected chi connectivity index (χ4v) is 2.76. The Hall–Kier alpha value is -1.00. The zero-order valence-electron chi connectivity index (χ0n) is 12.4. The Bertz CT molecular complexity index is 416. The van der Waals surface area contributed by atoms with E-state index in [1.165, 1.54) is 6.42 Å². The summed E-state index contributed by atoms with van der Waals surface area (Å²) < 4.78 is 0. The Kier molecular flexibility index (Phi) is 5.92. The summed E-state index contributed by atoms with van der Waals surface area (Å²) in [5.74, 6) is 0.169. The summed E-state index contributed by atoms with van der Waals surface area (Å²) >= 11 is 1.92. The minimum Gasteiger partial charge on any atom is -0.336 e. The van der Waals surface area contributed by atoms with Crippen LogP contribution in [0.3, 0.4) is 0 Å². The van der Waals surface area contributed by atoms with Crippen molar-refractivity contribution in [2.24, 2.45) is 0 Å². The molecule has 0 saturated carbocycles. The van der Waals surface area contributed by atoms with E-state index < -0.39 is 0 Å². The highest BCUT2D eigenvalue weighted by molar-refractivity contribution is 7.99. The second kappa shape index (κ2) is 7.70. The number of carbonyl (C=O) groups is 1. The maximum absolute atomic E-state index is 12.3. The molecule has 1 aliphatic rings. The van der Waals surface area contributed by atoms with Crippen molar-refractivity contribution in [3.05, 3.63) is 35.9 Å². The molecule has 1 heterocycles. The van der Waals surface area contributed by atoms with Crippen molar-refractivity contribution in [3.63, 3.8) is 0 Å². The van der Waals surface area contributed by atoms with Crippen LogP contribution >= 0.6 is 11.8 Å². The van der Waals surface area contributed by atoms with Gasteiger partial charge in [-0.05, 0) is 31.4 Å². The molecular weight excluding hydrogens is 268 g/mol. The van der Waals surface area contributed by atoms with E-state index in [0.29, 0.717) is 0 Å². The van der Waals surface area contributed by atoms with Crippen LogP contribution in [0.4, 0.5) is 0 Å². The van der Waals surface area contributed by atoms with Crippen LogP contribution in [0.15, 0.2) is 30.3 Å². The number of carbonyl (C=O) groups excluding carboxylic acids is 1.